The first-order valence-corrected chi connectivity index (χ1v) is 7.29. The molecule has 3 aromatic rings. The highest BCUT2D eigenvalue weighted by Crippen LogP contribution is 2.32. The van der Waals surface area contributed by atoms with Gasteiger partial charge in [0.2, 0.25) is 0 Å². The lowest BCUT2D eigenvalue weighted by Crippen LogP contribution is -2.35. The minimum atomic E-state index is -0.0151. The van der Waals surface area contributed by atoms with Gasteiger partial charge in [-0.3, -0.25) is 9.78 Å². The van der Waals surface area contributed by atoms with Crippen molar-refractivity contribution < 1.29 is 4.79 Å². The number of amides is 1. The fourth-order valence-corrected chi connectivity index (χ4v) is 2.98. The molecule has 5 heteroatoms. The van der Waals surface area contributed by atoms with Crippen molar-refractivity contribution in [3.05, 3.63) is 77.7 Å². The standard InChI is InChI=1S/C18H15N3O.ClH/c22-18-14-10-16(13-6-8-19-9-7-13)21-17(14)15(11-20-18)12-4-2-1-3-5-12;/h1-10,15,21H,11H2,(H,20,22);1H/t15-;/m1./s1. The van der Waals surface area contributed by atoms with Gasteiger partial charge in [0.1, 0.15) is 0 Å². The Labute approximate surface area is 140 Å². The van der Waals surface area contributed by atoms with E-state index in [2.05, 4.69) is 27.4 Å². The zero-order chi connectivity index (χ0) is 14.9. The second-order valence-corrected chi connectivity index (χ2v) is 5.42. The highest BCUT2D eigenvalue weighted by atomic mass is 35.5. The Morgan fingerprint density at radius 2 is 1.78 bits per heavy atom. The van der Waals surface area contributed by atoms with E-state index in [4.69, 9.17) is 0 Å². The summed E-state index contributed by atoms with van der Waals surface area (Å²) in [5.41, 5.74) is 4.90. The molecule has 0 unspecified atom stereocenters. The van der Waals surface area contributed by atoms with Crippen LogP contribution in [-0.2, 0) is 0 Å². The van der Waals surface area contributed by atoms with Crippen molar-refractivity contribution in [2.24, 2.45) is 0 Å². The van der Waals surface area contributed by atoms with Crippen LogP contribution in [0.4, 0.5) is 0 Å². The Balaban J connectivity index is 0.00000156. The molecule has 2 N–H and O–H groups in total. The average molecular weight is 326 g/mol. The first kappa shape index (κ1) is 15.3. The molecule has 1 aromatic carbocycles. The van der Waals surface area contributed by atoms with E-state index in [1.54, 1.807) is 12.4 Å². The van der Waals surface area contributed by atoms with Gasteiger partial charge in [0.25, 0.3) is 5.91 Å². The van der Waals surface area contributed by atoms with Crippen LogP contribution in [0.1, 0.15) is 27.5 Å². The molecule has 1 aliphatic heterocycles. The lowest BCUT2D eigenvalue weighted by Gasteiger charge is -2.23. The van der Waals surface area contributed by atoms with E-state index in [9.17, 15) is 4.79 Å². The number of aromatic nitrogens is 2. The Morgan fingerprint density at radius 1 is 1.04 bits per heavy atom. The van der Waals surface area contributed by atoms with Gasteiger partial charge in [-0.2, -0.15) is 0 Å². The smallest absolute Gasteiger partial charge is 0.253 e. The van der Waals surface area contributed by atoms with Crippen LogP contribution in [0.25, 0.3) is 11.3 Å². The molecule has 1 atom stereocenters. The molecule has 1 aliphatic rings. The van der Waals surface area contributed by atoms with Gasteiger partial charge < -0.3 is 10.3 Å². The molecule has 2 aromatic heterocycles. The lowest BCUT2D eigenvalue weighted by atomic mass is 9.90. The van der Waals surface area contributed by atoms with Crippen LogP contribution in [0.3, 0.4) is 0 Å². The summed E-state index contributed by atoms with van der Waals surface area (Å²) >= 11 is 0. The molecular formula is C18H16ClN3O. The number of halogens is 1. The molecule has 0 saturated heterocycles. The number of carbonyl (C=O) groups excluding carboxylic acids is 1. The summed E-state index contributed by atoms with van der Waals surface area (Å²) in [6.07, 6.45) is 3.51. The number of benzene rings is 1. The van der Waals surface area contributed by atoms with Crippen LogP contribution in [0.5, 0.6) is 0 Å². The quantitative estimate of drug-likeness (QED) is 0.759. The molecule has 0 fully saturated rings. The molecular weight excluding hydrogens is 310 g/mol. The fraction of sp³-hybridized carbons (Fsp3) is 0.111. The molecule has 0 radical (unpaired) electrons. The van der Waals surface area contributed by atoms with Crippen LogP contribution in [-0.4, -0.2) is 22.4 Å². The highest BCUT2D eigenvalue weighted by Gasteiger charge is 2.28. The van der Waals surface area contributed by atoms with E-state index in [-0.39, 0.29) is 24.2 Å². The normalized spacial score (nSPS) is 16.2. The summed E-state index contributed by atoms with van der Waals surface area (Å²) < 4.78 is 0. The summed E-state index contributed by atoms with van der Waals surface area (Å²) in [5, 5.41) is 2.98. The minimum absolute atomic E-state index is 0. The largest absolute Gasteiger partial charge is 0.357 e. The Kier molecular flexibility index (Phi) is 4.17. The fourth-order valence-electron chi connectivity index (χ4n) is 2.98. The Bertz CT molecular complexity index is 815. The van der Waals surface area contributed by atoms with Crippen molar-refractivity contribution in [2.45, 2.75) is 5.92 Å². The lowest BCUT2D eigenvalue weighted by molar-refractivity contribution is 0.0942. The van der Waals surface area contributed by atoms with E-state index in [0.717, 1.165) is 22.5 Å². The van der Waals surface area contributed by atoms with Gasteiger partial charge >= 0.3 is 0 Å². The summed E-state index contributed by atoms with van der Waals surface area (Å²) in [4.78, 5) is 19.6. The number of carbonyl (C=O) groups is 1. The third kappa shape index (κ3) is 2.73. The van der Waals surface area contributed by atoms with Crippen molar-refractivity contribution in [3.8, 4) is 11.3 Å². The molecule has 4 nitrogen and oxygen atoms in total. The maximum Gasteiger partial charge on any atom is 0.253 e. The van der Waals surface area contributed by atoms with Gasteiger partial charge in [0, 0.05) is 41.8 Å². The van der Waals surface area contributed by atoms with Crippen molar-refractivity contribution in [1.82, 2.24) is 15.3 Å². The van der Waals surface area contributed by atoms with Crippen LogP contribution < -0.4 is 5.32 Å². The van der Waals surface area contributed by atoms with Crippen molar-refractivity contribution in [1.29, 1.82) is 0 Å². The van der Waals surface area contributed by atoms with Crippen LogP contribution in [0.15, 0.2) is 60.9 Å². The van der Waals surface area contributed by atoms with Crippen LogP contribution in [0, 0.1) is 0 Å². The third-order valence-electron chi connectivity index (χ3n) is 4.10. The van der Waals surface area contributed by atoms with Gasteiger partial charge in [-0.1, -0.05) is 30.3 Å². The highest BCUT2D eigenvalue weighted by molar-refractivity contribution is 5.98. The number of nitrogens with zero attached hydrogens (tertiary/aromatic N) is 1. The molecule has 23 heavy (non-hydrogen) atoms. The molecule has 4 rings (SSSR count). The third-order valence-corrected chi connectivity index (χ3v) is 4.10. The van der Waals surface area contributed by atoms with Crippen molar-refractivity contribution in [3.63, 3.8) is 0 Å². The second kappa shape index (κ2) is 6.26. The molecule has 0 saturated carbocycles. The predicted octanol–water partition coefficient (Wildman–Crippen LogP) is 3.37. The number of rotatable bonds is 2. The molecule has 116 valence electrons. The number of hydrogen-bond acceptors (Lipinski definition) is 2. The monoisotopic (exact) mass is 325 g/mol. The molecule has 1 amide bonds. The summed E-state index contributed by atoms with van der Waals surface area (Å²) in [6, 6.07) is 16.0. The summed E-state index contributed by atoms with van der Waals surface area (Å²) in [5.74, 6) is 0.142. The molecule has 0 aliphatic carbocycles. The van der Waals surface area contributed by atoms with Crippen LogP contribution in [0.2, 0.25) is 0 Å². The van der Waals surface area contributed by atoms with Gasteiger partial charge in [-0.25, -0.2) is 0 Å². The predicted molar refractivity (Wildman–Crippen MR) is 91.9 cm³/mol. The number of pyridine rings is 1. The first-order chi connectivity index (χ1) is 10.8. The van der Waals surface area contributed by atoms with Crippen molar-refractivity contribution >= 4 is 18.3 Å². The maximum absolute atomic E-state index is 12.2. The minimum Gasteiger partial charge on any atom is -0.357 e. The summed E-state index contributed by atoms with van der Waals surface area (Å²) in [6.45, 7) is 0.617. The van der Waals surface area contributed by atoms with Gasteiger partial charge in [0.05, 0.1) is 5.56 Å². The SMILES string of the molecule is Cl.O=C1NC[C@H](c2ccccc2)c2[nH]c(-c3ccncc3)cc21. The average Bonchev–Trinajstić information content (AvgIpc) is 3.03. The van der Waals surface area contributed by atoms with Gasteiger partial charge in [-0.15, -0.1) is 12.4 Å². The van der Waals surface area contributed by atoms with Crippen molar-refractivity contribution in [2.75, 3.05) is 6.54 Å². The molecule has 3 heterocycles. The van der Waals surface area contributed by atoms with E-state index >= 15 is 0 Å². The first-order valence-electron chi connectivity index (χ1n) is 7.29. The van der Waals surface area contributed by atoms with E-state index < -0.39 is 0 Å². The second-order valence-electron chi connectivity index (χ2n) is 5.42. The zero-order valence-electron chi connectivity index (χ0n) is 12.3. The number of hydrogen-bond donors (Lipinski definition) is 2. The van der Waals surface area contributed by atoms with Gasteiger partial charge in [-0.05, 0) is 23.8 Å². The van der Waals surface area contributed by atoms with E-state index in [1.807, 2.05) is 36.4 Å². The maximum atomic E-state index is 12.2. The Hall–Kier alpha value is -2.59. The van der Waals surface area contributed by atoms with E-state index in [1.165, 1.54) is 5.56 Å². The Morgan fingerprint density at radius 3 is 2.52 bits per heavy atom. The number of nitrogens with one attached hydrogen (secondary N) is 2. The van der Waals surface area contributed by atoms with Crippen LogP contribution >= 0.6 is 12.4 Å². The van der Waals surface area contributed by atoms with Gasteiger partial charge in [0.15, 0.2) is 0 Å². The molecule has 0 spiro atoms. The summed E-state index contributed by atoms with van der Waals surface area (Å²) in [7, 11) is 0. The number of H-pyrrole nitrogens is 1. The van der Waals surface area contributed by atoms with E-state index in [0.29, 0.717) is 6.54 Å². The number of aromatic amines is 1. The topological polar surface area (TPSA) is 57.8 Å². The zero-order valence-corrected chi connectivity index (χ0v) is 13.1. The molecule has 0 bridgehead atoms. The number of fused-ring (bicyclic) bond motifs is 1.